The quantitative estimate of drug-likeness (QED) is 0.894. The van der Waals surface area contributed by atoms with Crippen LogP contribution >= 0.6 is 23.2 Å². The molecular weight excluding hydrogens is 323 g/mol. The van der Waals surface area contributed by atoms with Crippen LogP contribution in [-0.4, -0.2) is 33.9 Å². The zero-order valence-corrected chi connectivity index (χ0v) is 13.8. The van der Waals surface area contributed by atoms with Gasteiger partial charge in [0.15, 0.2) is 0 Å². The molecule has 1 aromatic carbocycles. The van der Waals surface area contributed by atoms with Crippen molar-refractivity contribution in [3.8, 4) is 0 Å². The van der Waals surface area contributed by atoms with Gasteiger partial charge in [0.05, 0.1) is 15.7 Å². The fraction of sp³-hybridized carbons (Fsp3) is 0.267. The molecule has 0 spiro atoms. The van der Waals surface area contributed by atoms with E-state index in [1.54, 1.807) is 29.2 Å². The number of aromatic nitrogens is 2. The molecule has 0 bridgehead atoms. The lowest BCUT2D eigenvalue weighted by molar-refractivity contribution is 0.0767. The number of halogens is 2. The van der Waals surface area contributed by atoms with Crippen molar-refractivity contribution in [2.75, 3.05) is 18.4 Å². The first-order valence-corrected chi connectivity index (χ1v) is 7.65. The van der Waals surface area contributed by atoms with E-state index in [1.165, 1.54) is 6.20 Å². The molecule has 0 aliphatic rings. The van der Waals surface area contributed by atoms with Gasteiger partial charge in [-0.1, -0.05) is 29.3 Å². The summed E-state index contributed by atoms with van der Waals surface area (Å²) in [5.74, 6) is 0.133. The number of carbonyl (C=O) groups is 1. The lowest BCUT2D eigenvalue weighted by Crippen LogP contribution is -2.31. The van der Waals surface area contributed by atoms with Gasteiger partial charge in [0.25, 0.3) is 5.91 Å². The lowest BCUT2D eigenvalue weighted by Gasteiger charge is -2.18. The number of amides is 1. The summed E-state index contributed by atoms with van der Waals surface area (Å²) in [6, 6.07) is 6.75. The summed E-state index contributed by atoms with van der Waals surface area (Å²) in [6.45, 7) is 5.09. The third kappa shape index (κ3) is 3.67. The van der Waals surface area contributed by atoms with Crippen molar-refractivity contribution in [1.29, 1.82) is 0 Å². The summed E-state index contributed by atoms with van der Waals surface area (Å²) in [6.07, 6.45) is 1.52. The maximum absolute atomic E-state index is 12.3. The molecule has 7 heteroatoms. The van der Waals surface area contributed by atoms with Crippen LogP contribution in [0.1, 0.15) is 24.3 Å². The molecule has 0 aliphatic heterocycles. The highest BCUT2D eigenvalue weighted by Gasteiger charge is 2.15. The molecule has 1 aromatic heterocycles. The summed E-state index contributed by atoms with van der Waals surface area (Å²) >= 11 is 12.2. The number of hydrogen-bond donors (Lipinski definition) is 1. The average molecular weight is 339 g/mol. The summed E-state index contributed by atoms with van der Waals surface area (Å²) in [4.78, 5) is 22.3. The highest BCUT2D eigenvalue weighted by atomic mass is 35.5. The van der Waals surface area contributed by atoms with Gasteiger partial charge in [0.1, 0.15) is 5.69 Å². The third-order valence-corrected chi connectivity index (χ3v) is 3.75. The van der Waals surface area contributed by atoms with E-state index in [1.807, 2.05) is 13.8 Å². The fourth-order valence-electron chi connectivity index (χ4n) is 1.94. The first-order chi connectivity index (χ1) is 10.6. The molecule has 1 heterocycles. The predicted molar refractivity (Wildman–Crippen MR) is 89.0 cm³/mol. The first kappa shape index (κ1) is 16.5. The number of carbonyl (C=O) groups excluding carboxylic acids is 1. The fourth-order valence-corrected chi connectivity index (χ4v) is 2.43. The normalized spacial score (nSPS) is 10.4. The van der Waals surface area contributed by atoms with Gasteiger partial charge in [-0.2, -0.15) is 0 Å². The Bertz CT molecular complexity index is 654. The van der Waals surface area contributed by atoms with Gasteiger partial charge in [-0.15, -0.1) is 0 Å². The Kier molecular flexibility index (Phi) is 5.57. The van der Waals surface area contributed by atoms with Crippen molar-refractivity contribution >= 4 is 40.7 Å². The van der Waals surface area contributed by atoms with Crippen molar-refractivity contribution in [1.82, 2.24) is 14.9 Å². The van der Waals surface area contributed by atoms with Crippen molar-refractivity contribution in [2.24, 2.45) is 0 Å². The molecular formula is C15H16Cl2N4O. The first-order valence-electron chi connectivity index (χ1n) is 6.90. The molecule has 0 aliphatic carbocycles. The van der Waals surface area contributed by atoms with E-state index in [-0.39, 0.29) is 11.9 Å². The van der Waals surface area contributed by atoms with Crippen LogP contribution < -0.4 is 5.32 Å². The number of benzene rings is 1. The minimum Gasteiger partial charge on any atom is -0.338 e. The van der Waals surface area contributed by atoms with Crippen LogP contribution in [0.4, 0.5) is 11.6 Å². The number of para-hydroxylation sites is 1. The van der Waals surface area contributed by atoms with Crippen LogP contribution in [0, 0.1) is 0 Å². The number of anilines is 2. The second kappa shape index (κ2) is 7.42. The van der Waals surface area contributed by atoms with Crippen LogP contribution in [0.3, 0.4) is 0 Å². The van der Waals surface area contributed by atoms with Crippen molar-refractivity contribution in [3.63, 3.8) is 0 Å². The summed E-state index contributed by atoms with van der Waals surface area (Å²) < 4.78 is 0. The van der Waals surface area contributed by atoms with E-state index in [9.17, 15) is 4.79 Å². The van der Waals surface area contributed by atoms with E-state index in [2.05, 4.69) is 15.3 Å². The largest absolute Gasteiger partial charge is 0.338 e. The van der Waals surface area contributed by atoms with Gasteiger partial charge in [0, 0.05) is 19.3 Å². The minimum atomic E-state index is -0.138. The van der Waals surface area contributed by atoms with Gasteiger partial charge in [-0.25, -0.2) is 9.97 Å². The van der Waals surface area contributed by atoms with Crippen molar-refractivity contribution < 1.29 is 4.79 Å². The van der Waals surface area contributed by atoms with E-state index in [0.29, 0.717) is 34.5 Å². The zero-order valence-electron chi connectivity index (χ0n) is 12.3. The van der Waals surface area contributed by atoms with E-state index < -0.39 is 0 Å². The highest BCUT2D eigenvalue weighted by molar-refractivity contribution is 6.39. The molecule has 2 aromatic rings. The Labute approximate surface area is 139 Å². The van der Waals surface area contributed by atoms with Crippen LogP contribution in [0.5, 0.6) is 0 Å². The van der Waals surface area contributed by atoms with E-state index in [0.717, 1.165) is 0 Å². The Morgan fingerprint density at radius 2 is 1.82 bits per heavy atom. The predicted octanol–water partition coefficient (Wildman–Crippen LogP) is 4.01. The minimum absolute atomic E-state index is 0.138. The van der Waals surface area contributed by atoms with Gasteiger partial charge in [-0.05, 0) is 32.0 Å². The topological polar surface area (TPSA) is 58.1 Å². The Morgan fingerprint density at radius 3 is 2.41 bits per heavy atom. The number of hydrogen-bond acceptors (Lipinski definition) is 4. The van der Waals surface area contributed by atoms with Crippen LogP contribution in [0.2, 0.25) is 10.0 Å². The molecule has 0 unspecified atom stereocenters. The standard InChI is InChI=1S/C15H16Cl2N4O/c1-3-21(4-2)14(22)12-8-9-18-15(19-12)20-13-10(16)6-5-7-11(13)17/h5-9H,3-4H2,1-2H3,(H,18,19,20). The van der Waals surface area contributed by atoms with Crippen molar-refractivity contribution in [3.05, 3.63) is 46.2 Å². The third-order valence-electron chi connectivity index (χ3n) is 3.12. The Hall–Kier alpha value is -1.85. The molecule has 0 atom stereocenters. The molecule has 0 radical (unpaired) electrons. The maximum atomic E-state index is 12.3. The molecule has 0 saturated carbocycles. The summed E-state index contributed by atoms with van der Waals surface area (Å²) in [5, 5.41) is 3.86. The monoisotopic (exact) mass is 338 g/mol. The molecule has 1 N–H and O–H groups in total. The van der Waals surface area contributed by atoms with Gasteiger partial charge in [-0.3, -0.25) is 4.79 Å². The van der Waals surface area contributed by atoms with Crippen molar-refractivity contribution in [2.45, 2.75) is 13.8 Å². The zero-order chi connectivity index (χ0) is 16.1. The molecule has 0 fully saturated rings. The van der Waals surface area contributed by atoms with E-state index >= 15 is 0 Å². The van der Waals surface area contributed by atoms with Gasteiger partial charge >= 0.3 is 0 Å². The second-order valence-electron chi connectivity index (χ2n) is 4.46. The lowest BCUT2D eigenvalue weighted by atomic mass is 10.3. The molecule has 0 saturated heterocycles. The van der Waals surface area contributed by atoms with Crippen LogP contribution in [0.15, 0.2) is 30.5 Å². The second-order valence-corrected chi connectivity index (χ2v) is 5.28. The number of nitrogens with one attached hydrogen (secondary N) is 1. The molecule has 1 amide bonds. The Morgan fingerprint density at radius 1 is 1.18 bits per heavy atom. The molecule has 2 rings (SSSR count). The SMILES string of the molecule is CCN(CC)C(=O)c1ccnc(Nc2c(Cl)cccc2Cl)n1. The van der Waals surface area contributed by atoms with Gasteiger partial charge in [0.2, 0.25) is 5.95 Å². The summed E-state index contributed by atoms with van der Waals surface area (Å²) in [5.41, 5.74) is 0.836. The van der Waals surface area contributed by atoms with Crippen LogP contribution in [-0.2, 0) is 0 Å². The maximum Gasteiger partial charge on any atom is 0.272 e. The average Bonchev–Trinajstić information content (AvgIpc) is 2.52. The number of rotatable bonds is 5. The van der Waals surface area contributed by atoms with Crippen LogP contribution in [0.25, 0.3) is 0 Å². The molecule has 5 nitrogen and oxygen atoms in total. The molecule has 116 valence electrons. The number of nitrogens with zero attached hydrogens (tertiary/aromatic N) is 3. The smallest absolute Gasteiger partial charge is 0.272 e. The summed E-state index contributed by atoms with van der Waals surface area (Å²) in [7, 11) is 0. The van der Waals surface area contributed by atoms with Gasteiger partial charge < -0.3 is 10.2 Å². The molecule has 22 heavy (non-hydrogen) atoms. The Balaban J connectivity index is 2.27. The van der Waals surface area contributed by atoms with E-state index in [4.69, 9.17) is 23.2 Å². The highest BCUT2D eigenvalue weighted by Crippen LogP contribution is 2.31.